The Hall–Kier alpha value is -2.34. The van der Waals surface area contributed by atoms with Crippen LogP contribution in [0.2, 0.25) is 0 Å². The average Bonchev–Trinajstić information content (AvgIpc) is 2.62. The van der Waals surface area contributed by atoms with Crippen molar-refractivity contribution >= 4 is 21.6 Å². The van der Waals surface area contributed by atoms with Crippen molar-refractivity contribution in [1.82, 2.24) is 5.32 Å². The molecule has 0 bridgehead atoms. The number of rotatable bonds is 8. The molecule has 0 aromatic heterocycles. The first-order valence-corrected chi connectivity index (χ1v) is 10.7. The van der Waals surface area contributed by atoms with Gasteiger partial charge < -0.3 is 5.32 Å². The van der Waals surface area contributed by atoms with Crippen molar-refractivity contribution < 1.29 is 13.2 Å². The molecule has 1 atom stereocenters. The lowest BCUT2D eigenvalue weighted by Crippen LogP contribution is -2.31. The van der Waals surface area contributed by atoms with Crippen LogP contribution in [-0.2, 0) is 21.2 Å². The predicted molar refractivity (Wildman–Crippen MR) is 109 cm³/mol. The minimum absolute atomic E-state index is 0.0558. The Kier molecular flexibility index (Phi) is 7.02. The first-order valence-electron chi connectivity index (χ1n) is 9.22. The highest BCUT2D eigenvalue weighted by Gasteiger charge is 2.15. The standard InChI is InChI=1S/C21H28N2O3S/c1-5-16(4)18-8-12-20(13-9-18)27(25,26)23-19-10-6-17(7-11-19)14-21(24)22-15(2)3/h6-13,15-16,23H,5,14H2,1-4H3,(H,22,24). The second kappa shape index (κ2) is 9.04. The lowest BCUT2D eigenvalue weighted by atomic mass is 9.99. The smallest absolute Gasteiger partial charge is 0.261 e. The quantitative estimate of drug-likeness (QED) is 0.716. The molecule has 2 rings (SSSR count). The lowest BCUT2D eigenvalue weighted by molar-refractivity contribution is -0.120. The van der Waals surface area contributed by atoms with Crippen LogP contribution in [0.3, 0.4) is 0 Å². The van der Waals surface area contributed by atoms with Gasteiger partial charge in [0, 0.05) is 11.7 Å². The van der Waals surface area contributed by atoms with Crippen LogP contribution in [0.25, 0.3) is 0 Å². The third kappa shape index (κ3) is 6.10. The molecule has 0 aliphatic heterocycles. The molecule has 0 fully saturated rings. The van der Waals surface area contributed by atoms with E-state index < -0.39 is 10.0 Å². The molecule has 0 aliphatic rings. The SMILES string of the molecule is CCC(C)c1ccc(S(=O)(=O)Nc2ccc(CC(=O)NC(C)C)cc2)cc1. The number of amides is 1. The first kappa shape index (κ1) is 21.0. The van der Waals surface area contributed by atoms with E-state index >= 15 is 0 Å². The number of carbonyl (C=O) groups is 1. The zero-order valence-corrected chi connectivity index (χ0v) is 17.1. The highest BCUT2D eigenvalue weighted by atomic mass is 32.2. The summed E-state index contributed by atoms with van der Waals surface area (Å²) in [5, 5.41) is 2.83. The molecule has 0 aliphatic carbocycles. The van der Waals surface area contributed by atoms with Crippen molar-refractivity contribution in [2.24, 2.45) is 0 Å². The van der Waals surface area contributed by atoms with E-state index in [-0.39, 0.29) is 23.3 Å². The number of anilines is 1. The van der Waals surface area contributed by atoms with Crippen molar-refractivity contribution in [3.63, 3.8) is 0 Å². The van der Waals surface area contributed by atoms with Gasteiger partial charge in [0.05, 0.1) is 11.3 Å². The summed E-state index contributed by atoms with van der Waals surface area (Å²) in [6.07, 6.45) is 1.27. The van der Waals surface area contributed by atoms with E-state index in [9.17, 15) is 13.2 Å². The summed E-state index contributed by atoms with van der Waals surface area (Å²) in [4.78, 5) is 12.0. The predicted octanol–water partition coefficient (Wildman–Crippen LogP) is 4.07. The van der Waals surface area contributed by atoms with Crippen molar-refractivity contribution in [3.8, 4) is 0 Å². The fraction of sp³-hybridized carbons (Fsp3) is 0.381. The van der Waals surface area contributed by atoms with E-state index in [1.54, 1.807) is 36.4 Å². The molecule has 0 saturated carbocycles. The van der Waals surface area contributed by atoms with E-state index in [4.69, 9.17) is 0 Å². The van der Waals surface area contributed by atoms with Crippen LogP contribution in [0.1, 0.15) is 51.2 Å². The van der Waals surface area contributed by atoms with Crippen LogP contribution in [0.5, 0.6) is 0 Å². The normalized spacial score (nSPS) is 12.6. The van der Waals surface area contributed by atoms with Gasteiger partial charge in [0.15, 0.2) is 0 Å². The Labute approximate surface area is 162 Å². The molecule has 146 valence electrons. The van der Waals surface area contributed by atoms with Crippen LogP contribution >= 0.6 is 0 Å². The largest absolute Gasteiger partial charge is 0.354 e. The molecule has 0 spiro atoms. The van der Waals surface area contributed by atoms with Gasteiger partial charge >= 0.3 is 0 Å². The highest BCUT2D eigenvalue weighted by molar-refractivity contribution is 7.92. The molecule has 1 unspecified atom stereocenters. The van der Waals surface area contributed by atoms with Gasteiger partial charge in [-0.2, -0.15) is 0 Å². The minimum Gasteiger partial charge on any atom is -0.354 e. The topological polar surface area (TPSA) is 75.3 Å². The molecule has 0 heterocycles. The van der Waals surface area contributed by atoms with Gasteiger partial charge in [-0.15, -0.1) is 0 Å². The summed E-state index contributed by atoms with van der Waals surface area (Å²) < 4.78 is 27.7. The van der Waals surface area contributed by atoms with Gasteiger partial charge in [0.2, 0.25) is 5.91 Å². The second-order valence-corrected chi connectivity index (χ2v) is 8.76. The monoisotopic (exact) mass is 388 g/mol. The maximum atomic E-state index is 12.6. The molecule has 6 heteroatoms. The number of benzene rings is 2. The molecular formula is C21H28N2O3S. The van der Waals surface area contributed by atoms with Gasteiger partial charge in [-0.05, 0) is 61.6 Å². The van der Waals surface area contributed by atoms with Crippen LogP contribution in [0.15, 0.2) is 53.4 Å². The van der Waals surface area contributed by atoms with E-state index in [1.165, 1.54) is 0 Å². The summed E-state index contributed by atoms with van der Waals surface area (Å²) in [7, 11) is -3.64. The van der Waals surface area contributed by atoms with Crippen LogP contribution in [0, 0.1) is 0 Å². The Morgan fingerprint density at radius 1 is 0.963 bits per heavy atom. The molecule has 2 N–H and O–H groups in total. The van der Waals surface area contributed by atoms with Gasteiger partial charge in [-0.25, -0.2) is 8.42 Å². The van der Waals surface area contributed by atoms with E-state index in [2.05, 4.69) is 23.9 Å². The van der Waals surface area contributed by atoms with E-state index in [0.717, 1.165) is 17.5 Å². The van der Waals surface area contributed by atoms with Crippen LogP contribution < -0.4 is 10.0 Å². The van der Waals surface area contributed by atoms with Crippen molar-refractivity contribution in [2.75, 3.05) is 4.72 Å². The average molecular weight is 389 g/mol. The Bertz CT molecular complexity index is 857. The number of hydrogen-bond donors (Lipinski definition) is 2. The molecule has 0 radical (unpaired) electrons. The fourth-order valence-electron chi connectivity index (χ4n) is 2.67. The lowest BCUT2D eigenvalue weighted by Gasteiger charge is -2.12. The molecule has 5 nitrogen and oxygen atoms in total. The van der Waals surface area contributed by atoms with Crippen molar-refractivity contribution in [3.05, 3.63) is 59.7 Å². The Morgan fingerprint density at radius 3 is 2.07 bits per heavy atom. The maximum absolute atomic E-state index is 12.6. The highest BCUT2D eigenvalue weighted by Crippen LogP contribution is 2.22. The number of carbonyl (C=O) groups excluding carboxylic acids is 1. The van der Waals surface area contributed by atoms with Gasteiger partial charge in [-0.3, -0.25) is 9.52 Å². The van der Waals surface area contributed by atoms with Gasteiger partial charge in [-0.1, -0.05) is 38.1 Å². The van der Waals surface area contributed by atoms with Crippen LogP contribution in [-0.4, -0.2) is 20.4 Å². The second-order valence-electron chi connectivity index (χ2n) is 7.08. The third-order valence-electron chi connectivity index (χ3n) is 4.39. The molecule has 27 heavy (non-hydrogen) atoms. The van der Waals surface area contributed by atoms with Crippen molar-refractivity contribution in [2.45, 2.75) is 57.4 Å². The van der Waals surface area contributed by atoms with Gasteiger partial charge in [0.1, 0.15) is 0 Å². The van der Waals surface area contributed by atoms with E-state index in [1.807, 2.05) is 26.0 Å². The Balaban J connectivity index is 2.06. The van der Waals surface area contributed by atoms with Crippen molar-refractivity contribution in [1.29, 1.82) is 0 Å². The van der Waals surface area contributed by atoms with E-state index in [0.29, 0.717) is 11.6 Å². The zero-order valence-electron chi connectivity index (χ0n) is 16.3. The summed E-state index contributed by atoms with van der Waals surface area (Å²) in [6, 6.07) is 13.9. The maximum Gasteiger partial charge on any atom is 0.261 e. The minimum atomic E-state index is -3.64. The molecule has 0 saturated heterocycles. The van der Waals surface area contributed by atoms with Gasteiger partial charge in [0.25, 0.3) is 10.0 Å². The molecule has 2 aromatic rings. The summed E-state index contributed by atoms with van der Waals surface area (Å²) in [5.74, 6) is 0.342. The molecular weight excluding hydrogens is 360 g/mol. The summed E-state index contributed by atoms with van der Waals surface area (Å²) in [6.45, 7) is 8.04. The van der Waals surface area contributed by atoms with Crippen LogP contribution in [0.4, 0.5) is 5.69 Å². The number of sulfonamides is 1. The fourth-order valence-corrected chi connectivity index (χ4v) is 3.73. The number of nitrogens with one attached hydrogen (secondary N) is 2. The number of hydrogen-bond acceptors (Lipinski definition) is 3. The first-order chi connectivity index (χ1) is 12.7. The summed E-state index contributed by atoms with van der Waals surface area (Å²) in [5.41, 5.74) is 2.42. The summed E-state index contributed by atoms with van der Waals surface area (Å²) >= 11 is 0. The third-order valence-corrected chi connectivity index (χ3v) is 5.79. The molecule has 2 aromatic carbocycles. The molecule has 1 amide bonds. The Morgan fingerprint density at radius 2 is 1.56 bits per heavy atom. The zero-order chi connectivity index (χ0) is 20.0.